The van der Waals surface area contributed by atoms with Crippen LogP contribution in [0.4, 0.5) is 0 Å². The van der Waals surface area contributed by atoms with Crippen LogP contribution in [0.5, 0.6) is 11.5 Å². The van der Waals surface area contributed by atoms with Gasteiger partial charge in [0, 0.05) is 62.5 Å². The molecule has 0 radical (unpaired) electrons. The molecule has 1 spiro atoms. The number of benzene rings is 7. The Bertz CT molecular complexity index is 3400. The predicted molar refractivity (Wildman–Crippen MR) is 234 cm³/mol. The first-order chi connectivity index (χ1) is 28.8. The summed E-state index contributed by atoms with van der Waals surface area (Å²) in [6, 6.07) is 65.4. The third-order valence-corrected chi connectivity index (χ3v) is 12.5. The molecule has 5 nitrogen and oxygen atoms in total. The molecule has 13 rings (SSSR count). The fourth-order valence-corrected chi connectivity index (χ4v) is 10.1. The molecule has 0 atom stereocenters. The first kappa shape index (κ1) is 31.4. The number of pyridine rings is 2. The molecular formula is C53H32N4O. The molecule has 1 aliphatic carbocycles. The lowest BCUT2D eigenvalue weighted by Crippen LogP contribution is -2.32. The first-order valence-electron chi connectivity index (χ1n) is 19.7. The number of para-hydroxylation sites is 4. The van der Waals surface area contributed by atoms with Gasteiger partial charge < -0.3 is 13.9 Å². The summed E-state index contributed by atoms with van der Waals surface area (Å²) in [7, 11) is 0. The highest BCUT2D eigenvalue weighted by molar-refractivity contribution is 6.11. The van der Waals surface area contributed by atoms with Crippen molar-refractivity contribution >= 4 is 43.6 Å². The summed E-state index contributed by atoms with van der Waals surface area (Å²) in [5, 5.41) is 4.90. The maximum Gasteiger partial charge on any atom is 0.134 e. The number of hydrogen-bond acceptors (Lipinski definition) is 3. The van der Waals surface area contributed by atoms with Crippen LogP contribution in [0.3, 0.4) is 0 Å². The van der Waals surface area contributed by atoms with Crippen molar-refractivity contribution in [3.05, 3.63) is 217 Å². The fourth-order valence-electron chi connectivity index (χ4n) is 10.1. The van der Waals surface area contributed by atoms with Gasteiger partial charge in [-0.3, -0.25) is 9.97 Å². The van der Waals surface area contributed by atoms with Crippen molar-refractivity contribution in [3.63, 3.8) is 0 Å². The van der Waals surface area contributed by atoms with E-state index in [-0.39, 0.29) is 0 Å². The van der Waals surface area contributed by atoms with Crippen LogP contribution in [0.15, 0.2) is 194 Å². The van der Waals surface area contributed by atoms with Crippen LogP contribution in [-0.2, 0) is 5.41 Å². The summed E-state index contributed by atoms with van der Waals surface area (Å²) >= 11 is 0. The third kappa shape index (κ3) is 4.09. The van der Waals surface area contributed by atoms with E-state index in [0.717, 1.165) is 78.7 Å². The highest BCUT2D eigenvalue weighted by Crippen LogP contribution is 2.62. The second-order valence-electron chi connectivity index (χ2n) is 15.3. The van der Waals surface area contributed by atoms with Crippen LogP contribution in [0.1, 0.15) is 22.3 Å². The molecule has 5 heteroatoms. The van der Waals surface area contributed by atoms with Gasteiger partial charge in [-0.2, -0.15) is 0 Å². The van der Waals surface area contributed by atoms with Gasteiger partial charge in [0.1, 0.15) is 11.5 Å². The maximum absolute atomic E-state index is 7.07. The Labute approximate surface area is 333 Å². The van der Waals surface area contributed by atoms with Crippen LogP contribution in [-0.4, -0.2) is 19.1 Å². The molecule has 5 heterocycles. The quantitative estimate of drug-likeness (QED) is 0.181. The first-order valence-corrected chi connectivity index (χ1v) is 19.7. The number of rotatable bonds is 3. The van der Waals surface area contributed by atoms with E-state index in [4.69, 9.17) is 14.7 Å². The second kappa shape index (κ2) is 11.6. The van der Waals surface area contributed by atoms with Crippen LogP contribution in [0, 0.1) is 0 Å². The predicted octanol–water partition coefficient (Wildman–Crippen LogP) is 12.8. The van der Waals surface area contributed by atoms with Crippen molar-refractivity contribution in [2.45, 2.75) is 5.41 Å². The Balaban J connectivity index is 1.05. The lowest BCUT2D eigenvalue weighted by atomic mass is 9.66. The minimum Gasteiger partial charge on any atom is -0.457 e. The van der Waals surface area contributed by atoms with Crippen LogP contribution in [0.25, 0.3) is 77.5 Å². The molecule has 0 saturated carbocycles. The van der Waals surface area contributed by atoms with Gasteiger partial charge >= 0.3 is 0 Å². The minimum absolute atomic E-state index is 0.709. The molecule has 2 aliphatic rings. The van der Waals surface area contributed by atoms with Crippen molar-refractivity contribution < 1.29 is 4.74 Å². The molecule has 0 amide bonds. The van der Waals surface area contributed by atoms with Crippen molar-refractivity contribution in [1.29, 1.82) is 0 Å². The third-order valence-electron chi connectivity index (χ3n) is 12.5. The van der Waals surface area contributed by atoms with E-state index < -0.39 is 5.41 Å². The smallest absolute Gasteiger partial charge is 0.134 e. The normalized spacial score (nSPS) is 13.4. The summed E-state index contributed by atoms with van der Waals surface area (Å²) in [6.07, 6.45) is 3.75. The molecule has 0 saturated heterocycles. The van der Waals surface area contributed by atoms with E-state index in [2.05, 4.69) is 179 Å². The SMILES string of the molecule is c1ccc(-n2c3ccccc3c3cc(-c4ccc5c(c4)C4(c6ccc(-n7c8ccccc8c8ccccc87)cc6O5)c5cccnc5-c5ncccc54)ccc32)cc1. The zero-order chi connectivity index (χ0) is 38.0. The van der Waals surface area contributed by atoms with Gasteiger partial charge in [-0.25, -0.2) is 0 Å². The van der Waals surface area contributed by atoms with Crippen molar-refractivity contribution in [2.24, 2.45) is 0 Å². The van der Waals surface area contributed by atoms with E-state index in [1.54, 1.807) is 0 Å². The molecule has 1 aliphatic heterocycles. The number of nitrogens with zero attached hydrogens (tertiary/aromatic N) is 4. The van der Waals surface area contributed by atoms with Gasteiger partial charge in [-0.1, -0.05) is 103 Å². The van der Waals surface area contributed by atoms with Gasteiger partial charge in [-0.05, 0) is 95.1 Å². The highest BCUT2D eigenvalue weighted by Gasteiger charge is 2.52. The summed E-state index contributed by atoms with van der Waals surface area (Å²) < 4.78 is 11.8. The summed E-state index contributed by atoms with van der Waals surface area (Å²) in [5.74, 6) is 1.64. The molecule has 11 aromatic rings. The lowest BCUT2D eigenvalue weighted by molar-refractivity contribution is 0.436. The molecule has 0 bridgehead atoms. The highest BCUT2D eigenvalue weighted by atomic mass is 16.5. The van der Waals surface area contributed by atoms with E-state index in [1.807, 2.05) is 24.5 Å². The Hall–Kier alpha value is -7.76. The molecule has 4 aromatic heterocycles. The lowest BCUT2D eigenvalue weighted by Gasteiger charge is -2.39. The average Bonchev–Trinajstić information content (AvgIpc) is 3.91. The van der Waals surface area contributed by atoms with E-state index in [9.17, 15) is 0 Å². The molecule has 0 unspecified atom stereocenters. The Morgan fingerprint density at radius 2 is 0.914 bits per heavy atom. The van der Waals surface area contributed by atoms with Crippen LogP contribution in [0.2, 0.25) is 0 Å². The standard InChI is InChI=1S/C53H32N4O/c1-2-12-35(13-3-1)56-47-21-9-6-16-39(47)40-30-33(22-26-48(40)56)34-23-27-49-44(31-34)53(42-17-10-28-54-51(42)52-43(53)18-11-29-55-52)41-25-24-36(32-50(41)58-49)57-45-19-7-4-14-37(45)38-15-5-8-20-46(38)57/h1-32H. The van der Waals surface area contributed by atoms with Crippen LogP contribution < -0.4 is 4.74 Å². The second-order valence-corrected chi connectivity index (χ2v) is 15.3. The maximum atomic E-state index is 7.07. The van der Waals surface area contributed by atoms with Crippen LogP contribution >= 0.6 is 0 Å². The van der Waals surface area contributed by atoms with Gasteiger partial charge in [-0.15, -0.1) is 0 Å². The zero-order valence-electron chi connectivity index (χ0n) is 31.2. The largest absolute Gasteiger partial charge is 0.457 e. The Morgan fingerprint density at radius 1 is 0.362 bits per heavy atom. The van der Waals surface area contributed by atoms with Gasteiger partial charge in [0.25, 0.3) is 0 Å². The van der Waals surface area contributed by atoms with Crippen molar-refractivity contribution in [1.82, 2.24) is 19.1 Å². The molecule has 58 heavy (non-hydrogen) atoms. The summed E-state index contributed by atoms with van der Waals surface area (Å²) in [6.45, 7) is 0. The number of ether oxygens (including phenoxy) is 1. The van der Waals surface area contributed by atoms with Crippen molar-refractivity contribution in [2.75, 3.05) is 0 Å². The fraction of sp³-hybridized carbons (Fsp3) is 0.0189. The molecule has 0 N–H and O–H groups in total. The topological polar surface area (TPSA) is 44.9 Å². The van der Waals surface area contributed by atoms with E-state index in [0.29, 0.717) is 0 Å². The molecule has 7 aromatic carbocycles. The molecule has 270 valence electrons. The summed E-state index contributed by atoms with van der Waals surface area (Å²) in [4.78, 5) is 9.97. The van der Waals surface area contributed by atoms with E-state index in [1.165, 1.54) is 32.6 Å². The molecular weight excluding hydrogens is 709 g/mol. The Morgan fingerprint density at radius 3 is 1.59 bits per heavy atom. The van der Waals surface area contributed by atoms with Gasteiger partial charge in [0.15, 0.2) is 0 Å². The van der Waals surface area contributed by atoms with Gasteiger partial charge in [0.2, 0.25) is 0 Å². The Kier molecular flexibility index (Phi) is 6.31. The van der Waals surface area contributed by atoms with Crippen molar-refractivity contribution in [3.8, 4) is 45.4 Å². The number of hydrogen-bond donors (Lipinski definition) is 0. The number of aromatic nitrogens is 4. The summed E-state index contributed by atoms with van der Waals surface area (Å²) in [5.41, 5.74) is 14.6. The zero-order valence-corrected chi connectivity index (χ0v) is 31.2. The van der Waals surface area contributed by atoms with E-state index >= 15 is 0 Å². The monoisotopic (exact) mass is 740 g/mol. The minimum atomic E-state index is -0.709. The van der Waals surface area contributed by atoms with Gasteiger partial charge in [0.05, 0.1) is 38.9 Å². The average molecular weight is 741 g/mol. The molecule has 0 fully saturated rings. The number of fused-ring (bicyclic) bond motifs is 15.